The second-order valence-electron chi connectivity index (χ2n) is 9.79. The van der Waals surface area contributed by atoms with Gasteiger partial charge in [-0.1, -0.05) is 43.7 Å². The summed E-state index contributed by atoms with van der Waals surface area (Å²) in [5.74, 6) is 0.604. The predicted octanol–water partition coefficient (Wildman–Crippen LogP) is 4.77. The first-order chi connectivity index (χ1) is 19.6. The van der Waals surface area contributed by atoms with Gasteiger partial charge in [-0.05, 0) is 59.6 Å². The smallest absolute Gasteiger partial charge is 0.252 e. The number of amides is 2. The fraction of sp³-hybridized carbons (Fsp3) is 0.548. The molecule has 7 nitrogen and oxygen atoms in total. The van der Waals surface area contributed by atoms with Crippen LogP contribution in [0.5, 0.6) is 0 Å². The summed E-state index contributed by atoms with van der Waals surface area (Å²) in [7, 11) is 1.67. The van der Waals surface area contributed by atoms with Crippen molar-refractivity contribution in [2.24, 2.45) is 0 Å². The van der Waals surface area contributed by atoms with Gasteiger partial charge in [0.25, 0.3) is 5.91 Å². The van der Waals surface area contributed by atoms with Gasteiger partial charge in [-0.3, -0.25) is 9.59 Å². The molecular weight excluding hydrogens is 512 g/mol. The van der Waals surface area contributed by atoms with Gasteiger partial charge < -0.3 is 24.8 Å². The Morgan fingerprint density at radius 1 is 0.949 bits per heavy atom. The van der Waals surface area contributed by atoms with E-state index in [0.717, 1.165) is 73.5 Å². The third kappa shape index (κ3) is 9.34. The minimum absolute atomic E-state index is 0.0483. The van der Waals surface area contributed by atoms with Gasteiger partial charge in [-0.2, -0.15) is 12.5 Å². The van der Waals surface area contributed by atoms with Gasteiger partial charge in [0.15, 0.2) is 0 Å². The maximum atomic E-state index is 13.2. The normalized spacial score (nSPS) is 14.0. The van der Waals surface area contributed by atoms with Crippen molar-refractivity contribution in [3.63, 3.8) is 0 Å². The minimum Gasteiger partial charge on any atom is -0.385 e. The molecule has 0 radical (unpaired) electrons. The summed E-state index contributed by atoms with van der Waals surface area (Å²) in [4.78, 5) is 25.4. The molecule has 0 bridgehead atoms. The Morgan fingerprint density at radius 2 is 1.74 bits per heavy atom. The summed E-state index contributed by atoms with van der Waals surface area (Å²) in [6, 6.07) is 12.3. The van der Waals surface area contributed by atoms with Gasteiger partial charge in [0.2, 0.25) is 5.91 Å². The maximum Gasteiger partial charge on any atom is 0.252 e. The Morgan fingerprint density at radius 3 is 2.51 bits per heavy atom. The van der Waals surface area contributed by atoms with Gasteiger partial charge >= 0.3 is 0 Å². The highest BCUT2D eigenvalue weighted by Gasteiger charge is 2.31. The van der Waals surface area contributed by atoms with Crippen molar-refractivity contribution in [2.75, 3.05) is 59.0 Å². The van der Waals surface area contributed by atoms with E-state index in [2.05, 4.69) is 41.8 Å². The SMILES string of the molecule is [2H]SCC1c2cc(CCCC(=O)NCCOCCCC)ccc2-c2c(C(=O)NCCOCCCOC)cccc21. The van der Waals surface area contributed by atoms with Gasteiger partial charge in [0.1, 0.15) is 1.12 Å². The predicted molar refractivity (Wildman–Crippen MR) is 159 cm³/mol. The number of nitrogens with one attached hydrogen (secondary N) is 2. The summed E-state index contributed by atoms with van der Waals surface area (Å²) in [6.07, 6.45) is 4.99. The van der Waals surface area contributed by atoms with Gasteiger partial charge in [-0.15, -0.1) is 0 Å². The first kappa shape index (κ1) is 29.6. The third-order valence-corrected chi connectivity index (χ3v) is 7.23. The highest BCUT2D eigenvalue weighted by atomic mass is 32.1. The number of unbranched alkanes of at least 4 members (excludes halogenated alkanes) is 1. The standard InChI is InChI=1S/C31H44N2O5S/c1-3-4-17-37-19-14-32-29(34)11-5-8-23-12-13-25-27(21-23)28(22-39)24-9-6-10-26(30(24)25)31(35)33-15-20-38-18-7-16-36-2/h6,9-10,12-13,21,28,39H,3-5,7-8,11,14-20,22H2,1-2H3,(H,32,34)(H,33,35)/i/hD. The molecule has 2 aromatic carbocycles. The van der Waals surface area contributed by atoms with Crippen LogP contribution < -0.4 is 10.6 Å². The number of carbonyl (C=O) groups excluding carboxylic acids is 2. The Bertz CT molecular complexity index is 1080. The zero-order valence-corrected chi connectivity index (χ0v) is 24.2. The molecule has 214 valence electrons. The summed E-state index contributed by atoms with van der Waals surface area (Å²) in [5.41, 5.74) is 6.08. The number of rotatable bonds is 20. The molecule has 0 saturated heterocycles. The van der Waals surface area contributed by atoms with E-state index in [1.807, 2.05) is 12.1 Å². The number of hydrogen-bond acceptors (Lipinski definition) is 6. The Hall–Kier alpha value is -2.39. The van der Waals surface area contributed by atoms with Crippen molar-refractivity contribution in [3.8, 4) is 11.1 Å². The van der Waals surface area contributed by atoms with Gasteiger partial charge in [0, 0.05) is 63.7 Å². The fourth-order valence-corrected chi connectivity index (χ4v) is 5.23. The van der Waals surface area contributed by atoms with Crippen LogP contribution in [0.4, 0.5) is 0 Å². The van der Waals surface area contributed by atoms with Crippen LogP contribution in [0.25, 0.3) is 11.1 Å². The highest BCUT2D eigenvalue weighted by Crippen LogP contribution is 2.47. The van der Waals surface area contributed by atoms with Gasteiger partial charge in [-0.25, -0.2) is 0 Å². The number of benzene rings is 2. The van der Waals surface area contributed by atoms with Crippen molar-refractivity contribution in [2.45, 2.75) is 51.4 Å². The molecule has 2 aromatic rings. The molecule has 1 atom stereocenters. The topological polar surface area (TPSA) is 85.9 Å². The third-order valence-electron chi connectivity index (χ3n) is 6.89. The van der Waals surface area contributed by atoms with Crippen molar-refractivity contribution in [3.05, 3.63) is 58.7 Å². The van der Waals surface area contributed by atoms with Crippen LogP contribution in [0.15, 0.2) is 36.4 Å². The molecule has 2 amide bonds. The molecule has 0 spiro atoms. The molecule has 0 saturated carbocycles. The lowest BCUT2D eigenvalue weighted by Gasteiger charge is -2.12. The zero-order valence-electron chi connectivity index (χ0n) is 24.4. The fourth-order valence-electron chi connectivity index (χ4n) is 4.87. The molecule has 1 aliphatic carbocycles. The second-order valence-corrected chi connectivity index (χ2v) is 10.1. The van der Waals surface area contributed by atoms with Gasteiger partial charge in [0.05, 0.1) is 13.2 Å². The summed E-state index contributed by atoms with van der Waals surface area (Å²) < 4.78 is 23.9. The molecule has 0 fully saturated rings. The average Bonchev–Trinajstić information content (AvgIpc) is 3.27. The number of methoxy groups -OCH3 is 1. The lowest BCUT2D eigenvalue weighted by atomic mass is 9.96. The second kappa shape index (κ2) is 17.3. The Kier molecular flexibility index (Phi) is 13.1. The maximum absolute atomic E-state index is 13.2. The first-order valence-corrected chi connectivity index (χ1v) is 14.7. The molecule has 8 heteroatoms. The van der Waals surface area contributed by atoms with Crippen LogP contribution in [0.3, 0.4) is 0 Å². The van der Waals surface area contributed by atoms with E-state index < -0.39 is 0 Å². The van der Waals surface area contributed by atoms with Crippen LogP contribution >= 0.6 is 12.5 Å². The number of thiol groups is 1. The van der Waals surface area contributed by atoms with Crippen molar-refractivity contribution in [1.29, 1.82) is 1.12 Å². The van der Waals surface area contributed by atoms with E-state index in [1.54, 1.807) is 7.11 Å². The Balaban J connectivity index is 1.59. The van der Waals surface area contributed by atoms with Crippen LogP contribution in [-0.4, -0.2) is 71.9 Å². The lowest BCUT2D eigenvalue weighted by molar-refractivity contribution is -0.121. The van der Waals surface area contributed by atoms with E-state index in [1.165, 1.54) is 5.56 Å². The molecule has 0 heterocycles. The highest BCUT2D eigenvalue weighted by molar-refractivity contribution is 7.80. The summed E-state index contributed by atoms with van der Waals surface area (Å²) >= 11 is 1.07. The molecule has 39 heavy (non-hydrogen) atoms. The molecule has 2 N–H and O–H groups in total. The minimum atomic E-state index is -0.117. The molecule has 1 unspecified atom stereocenters. The quantitative estimate of drug-likeness (QED) is 0.161. The number of fused-ring (bicyclic) bond motifs is 3. The lowest BCUT2D eigenvalue weighted by Crippen LogP contribution is -2.28. The van der Waals surface area contributed by atoms with Crippen LogP contribution in [-0.2, 0) is 25.4 Å². The molecular formula is C31H44N2O5S. The summed E-state index contributed by atoms with van der Waals surface area (Å²) in [5, 5.41) is 5.92. The molecule has 1 aliphatic rings. The molecule has 3 rings (SSSR count). The zero-order chi connectivity index (χ0) is 28.6. The van der Waals surface area contributed by atoms with Crippen LogP contribution in [0.1, 0.15) is 72.0 Å². The molecule has 0 aromatic heterocycles. The average molecular weight is 558 g/mol. The number of hydrogen-bond donors (Lipinski definition) is 3. The van der Waals surface area contributed by atoms with E-state index in [9.17, 15) is 9.59 Å². The Labute approximate surface area is 239 Å². The first-order valence-electron chi connectivity index (χ1n) is 14.5. The van der Waals surface area contributed by atoms with E-state index in [0.29, 0.717) is 57.3 Å². The van der Waals surface area contributed by atoms with Crippen LogP contribution in [0, 0.1) is 0 Å². The summed E-state index contributed by atoms with van der Waals surface area (Å²) in [6.45, 7) is 6.11. The van der Waals surface area contributed by atoms with E-state index in [4.69, 9.17) is 15.3 Å². The number of ether oxygens (including phenoxy) is 3. The largest absolute Gasteiger partial charge is 0.385 e. The molecule has 0 aliphatic heterocycles. The van der Waals surface area contributed by atoms with Crippen molar-refractivity contribution in [1.82, 2.24) is 10.6 Å². The van der Waals surface area contributed by atoms with E-state index >= 15 is 0 Å². The van der Waals surface area contributed by atoms with Crippen LogP contribution in [0.2, 0.25) is 0 Å². The van der Waals surface area contributed by atoms with Crippen molar-refractivity contribution < 1.29 is 23.8 Å². The number of carbonyl (C=O) groups is 2. The van der Waals surface area contributed by atoms with Crippen molar-refractivity contribution >= 4 is 24.3 Å². The van der Waals surface area contributed by atoms with E-state index in [-0.39, 0.29) is 17.7 Å². The number of aryl methyl sites for hydroxylation is 1. The monoisotopic (exact) mass is 557 g/mol.